The lowest BCUT2D eigenvalue weighted by molar-refractivity contribution is 0.0698. The van der Waals surface area contributed by atoms with Crippen LogP contribution in [-0.4, -0.2) is 41.9 Å². The highest BCUT2D eigenvalue weighted by atomic mass is 16.5. The first kappa shape index (κ1) is 11.7. The molecule has 0 amide bonds. The predicted octanol–water partition coefficient (Wildman–Crippen LogP) is 0.587. The van der Waals surface area contributed by atoms with Crippen molar-refractivity contribution < 1.29 is 14.6 Å². The van der Waals surface area contributed by atoms with E-state index in [4.69, 9.17) is 15.6 Å². The van der Waals surface area contributed by atoms with Crippen molar-refractivity contribution in [1.82, 2.24) is 4.98 Å². The van der Waals surface area contributed by atoms with Crippen LogP contribution in [0.5, 0.6) is 0 Å². The highest BCUT2D eigenvalue weighted by Gasteiger charge is 2.21. The maximum Gasteiger partial charge on any atom is 0.337 e. The van der Waals surface area contributed by atoms with Crippen LogP contribution in [0.1, 0.15) is 17.3 Å². The van der Waals surface area contributed by atoms with E-state index in [1.54, 1.807) is 0 Å². The lowest BCUT2D eigenvalue weighted by atomic mass is 10.2. The topological polar surface area (TPSA) is 88.7 Å². The van der Waals surface area contributed by atoms with Crippen molar-refractivity contribution in [2.75, 3.05) is 30.4 Å². The van der Waals surface area contributed by atoms with E-state index >= 15 is 0 Å². The Balaban J connectivity index is 2.32. The standard InChI is InChI=1S/C11H15N3O3/c1-7-6-17-3-2-14(7)10-4-8(11(15)16)9(12)5-13-10/h4-5,7H,2-3,6,12H2,1H3,(H,15,16). The molecule has 92 valence electrons. The van der Waals surface area contributed by atoms with Gasteiger partial charge in [-0.2, -0.15) is 0 Å². The van der Waals surface area contributed by atoms with E-state index in [1.165, 1.54) is 12.3 Å². The molecule has 0 aliphatic carbocycles. The molecule has 0 bridgehead atoms. The average molecular weight is 237 g/mol. The van der Waals surface area contributed by atoms with E-state index in [-0.39, 0.29) is 17.3 Å². The molecule has 1 fully saturated rings. The number of carbonyl (C=O) groups is 1. The molecule has 6 heteroatoms. The van der Waals surface area contributed by atoms with Crippen molar-refractivity contribution in [3.05, 3.63) is 17.8 Å². The van der Waals surface area contributed by atoms with Gasteiger partial charge in [0.2, 0.25) is 0 Å². The maximum atomic E-state index is 11.0. The zero-order valence-electron chi connectivity index (χ0n) is 9.59. The summed E-state index contributed by atoms with van der Waals surface area (Å²) in [6.07, 6.45) is 1.39. The number of nitrogen functional groups attached to an aromatic ring is 1. The van der Waals surface area contributed by atoms with Crippen molar-refractivity contribution in [2.45, 2.75) is 13.0 Å². The average Bonchev–Trinajstić information content (AvgIpc) is 2.30. The Bertz CT molecular complexity index is 436. The van der Waals surface area contributed by atoms with Crippen molar-refractivity contribution in [3.63, 3.8) is 0 Å². The van der Waals surface area contributed by atoms with E-state index in [9.17, 15) is 4.79 Å². The van der Waals surface area contributed by atoms with E-state index in [0.717, 1.165) is 0 Å². The van der Waals surface area contributed by atoms with Gasteiger partial charge in [0, 0.05) is 6.54 Å². The summed E-state index contributed by atoms with van der Waals surface area (Å²) in [7, 11) is 0. The molecular weight excluding hydrogens is 222 g/mol. The third-order valence-corrected chi connectivity index (χ3v) is 2.81. The van der Waals surface area contributed by atoms with Crippen LogP contribution in [0.15, 0.2) is 12.3 Å². The summed E-state index contributed by atoms with van der Waals surface area (Å²) in [6.45, 7) is 3.96. The molecule has 6 nitrogen and oxygen atoms in total. The minimum atomic E-state index is -1.04. The SMILES string of the molecule is CC1COCCN1c1cc(C(=O)O)c(N)cn1. The first-order valence-electron chi connectivity index (χ1n) is 5.43. The molecule has 2 heterocycles. The van der Waals surface area contributed by atoms with E-state index < -0.39 is 5.97 Å². The molecule has 1 aromatic rings. The van der Waals surface area contributed by atoms with Crippen LogP contribution < -0.4 is 10.6 Å². The van der Waals surface area contributed by atoms with Crippen LogP contribution in [0.3, 0.4) is 0 Å². The van der Waals surface area contributed by atoms with Crippen molar-refractivity contribution in [2.24, 2.45) is 0 Å². The molecular formula is C11H15N3O3. The fraction of sp³-hybridized carbons (Fsp3) is 0.455. The number of morpholine rings is 1. The summed E-state index contributed by atoms with van der Waals surface area (Å²) in [5.41, 5.74) is 5.84. The number of ether oxygens (including phenoxy) is 1. The van der Waals surface area contributed by atoms with Crippen LogP contribution in [-0.2, 0) is 4.74 Å². The number of nitrogens with zero attached hydrogens (tertiary/aromatic N) is 2. The smallest absolute Gasteiger partial charge is 0.337 e. The van der Waals surface area contributed by atoms with Gasteiger partial charge in [0.25, 0.3) is 0 Å². The van der Waals surface area contributed by atoms with Gasteiger partial charge in [0.15, 0.2) is 0 Å². The number of hydrogen-bond acceptors (Lipinski definition) is 5. The number of rotatable bonds is 2. The van der Waals surface area contributed by atoms with E-state index in [2.05, 4.69) is 4.98 Å². The summed E-state index contributed by atoms with van der Waals surface area (Å²) >= 11 is 0. The Kier molecular flexibility index (Phi) is 3.14. The Morgan fingerprint density at radius 1 is 1.71 bits per heavy atom. The fourth-order valence-electron chi connectivity index (χ4n) is 1.86. The molecule has 0 aromatic carbocycles. The summed E-state index contributed by atoms with van der Waals surface area (Å²) in [5.74, 6) is -0.403. The second-order valence-electron chi connectivity index (χ2n) is 4.05. The summed E-state index contributed by atoms with van der Waals surface area (Å²) in [4.78, 5) is 17.2. The Hall–Kier alpha value is -1.82. The van der Waals surface area contributed by atoms with Gasteiger partial charge < -0.3 is 20.5 Å². The largest absolute Gasteiger partial charge is 0.478 e. The van der Waals surface area contributed by atoms with Gasteiger partial charge in [-0.3, -0.25) is 0 Å². The fourth-order valence-corrected chi connectivity index (χ4v) is 1.86. The number of nitrogens with two attached hydrogens (primary N) is 1. The molecule has 1 aliphatic rings. The Labute approximate surface area is 99.0 Å². The first-order chi connectivity index (χ1) is 8.09. The number of hydrogen-bond donors (Lipinski definition) is 2. The number of carboxylic acid groups (broad SMARTS) is 1. The lowest BCUT2D eigenvalue weighted by Gasteiger charge is -2.34. The second-order valence-corrected chi connectivity index (χ2v) is 4.05. The molecule has 3 N–H and O–H groups in total. The number of carboxylic acids is 1. The third kappa shape index (κ3) is 2.31. The molecule has 1 aromatic heterocycles. The highest BCUT2D eigenvalue weighted by molar-refractivity contribution is 5.94. The zero-order chi connectivity index (χ0) is 12.4. The normalized spacial score (nSPS) is 20.3. The van der Waals surface area contributed by atoms with E-state index in [1.807, 2.05) is 11.8 Å². The van der Waals surface area contributed by atoms with Crippen molar-refractivity contribution >= 4 is 17.5 Å². The van der Waals surface area contributed by atoms with Gasteiger partial charge in [0.05, 0.1) is 36.7 Å². The summed E-state index contributed by atoms with van der Waals surface area (Å²) < 4.78 is 5.32. The molecule has 1 saturated heterocycles. The van der Waals surface area contributed by atoms with Gasteiger partial charge in [-0.15, -0.1) is 0 Å². The molecule has 1 atom stereocenters. The predicted molar refractivity (Wildman–Crippen MR) is 63.2 cm³/mol. The quantitative estimate of drug-likeness (QED) is 0.782. The summed E-state index contributed by atoms with van der Waals surface area (Å²) in [6, 6.07) is 1.70. The first-order valence-corrected chi connectivity index (χ1v) is 5.43. The van der Waals surface area contributed by atoms with Gasteiger partial charge in [-0.05, 0) is 13.0 Å². The van der Waals surface area contributed by atoms with Crippen LogP contribution >= 0.6 is 0 Å². The van der Waals surface area contributed by atoms with Crippen LogP contribution in [0.2, 0.25) is 0 Å². The van der Waals surface area contributed by atoms with Gasteiger partial charge in [-0.25, -0.2) is 9.78 Å². The molecule has 17 heavy (non-hydrogen) atoms. The second kappa shape index (κ2) is 4.58. The lowest BCUT2D eigenvalue weighted by Crippen LogP contribution is -2.44. The number of anilines is 2. The molecule has 2 rings (SSSR count). The molecule has 0 spiro atoms. The van der Waals surface area contributed by atoms with Gasteiger partial charge in [-0.1, -0.05) is 0 Å². The Morgan fingerprint density at radius 3 is 3.12 bits per heavy atom. The van der Waals surface area contributed by atoms with Gasteiger partial charge in [0.1, 0.15) is 5.82 Å². The van der Waals surface area contributed by atoms with Crippen molar-refractivity contribution in [3.8, 4) is 0 Å². The van der Waals surface area contributed by atoms with Crippen LogP contribution in [0, 0.1) is 0 Å². The van der Waals surface area contributed by atoms with Crippen LogP contribution in [0.25, 0.3) is 0 Å². The van der Waals surface area contributed by atoms with Crippen LogP contribution in [0.4, 0.5) is 11.5 Å². The van der Waals surface area contributed by atoms with E-state index in [0.29, 0.717) is 25.6 Å². The highest BCUT2D eigenvalue weighted by Crippen LogP contribution is 2.21. The molecule has 1 unspecified atom stereocenters. The minimum Gasteiger partial charge on any atom is -0.478 e. The molecule has 0 radical (unpaired) electrons. The third-order valence-electron chi connectivity index (χ3n) is 2.81. The number of pyridine rings is 1. The Morgan fingerprint density at radius 2 is 2.47 bits per heavy atom. The minimum absolute atomic E-state index is 0.0914. The molecule has 1 aliphatic heterocycles. The monoisotopic (exact) mass is 237 g/mol. The van der Waals surface area contributed by atoms with Crippen molar-refractivity contribution in [1.29, 1.82) is 0 Å². The number of aromatic nitrogens is 1. The zero-order valence-corrected chi connectivity index (χ0v) is 9.59. The summed E-state index contributed by atoms with van der Waals surface area (Å²) in [5, 5.41) is 9.00. The maximum absolute atomic E-state index is 11.0. The van der Waals surface area contributed by atoms with Gasteiger partial charge >= 0.3 is 5.97 Å². The molecule has 0 saturated carbocycles. The number of aromatic carboxylic acids is 1.